The average Bonchev–Trinajstić information content (AvgIpc) is 2.80. The third-order valence-corrected chi connectivity index (χ3v) is 2.88. The Hall–Kier alpha value is -0.730. The zero-order valence-electron chi connectivity index (χ0n) is 9.74. The molecule has 1 aromatic rings. The van der Waals surface area contributed by atoms with E-state index in [0.29, 0.717) is 5.92 Å². The van der Waals surface area contributed by atoms with Gasteiger partial charge in [0.15, 0.2) is 0 Å². The minimum atomic E-state index is 0. The third kappa shape index (κ3) is 3.39. The molecule has 1 aliphatic rings. The first-order valence-electron chi connectivity index (χ1n) is 5.83. The molecular weight excluding hydrogens is 222 g/mol. The van der Waals surface area contributed by atoms with E-state index in [1.807, 2.05) is 0 Å². The monoisotopic (exact) mass is 241 g/mol. The molecule has 90 valence electrons. The van der Waals surface area contributed by atoms with Crippen LogP contribution < -0.4 is 10.1 Å². The lowest BCUT2D eigenvalue weighted by Gasteiger charge is -2.10. The minimum absolute atomic E-state index is 0. The smallest absolute Gasteiger partial charge is 0.119 e. The van der Waals surface area contributed by atoms with Crippen molar-refractivity contribution in [3.63, 3.8) is 0 Å². The highest BCUT2D eigenvalue weighted by Gasteiger charge is 2.15. The lowest BCUT2D eigenvalue weighted by molar-refractivity contribution is 0.317. The van der Waals surface area contributed by atoms with E-state index in [2.05, 4.69) is 36.5 Å². The highest BCUT2D eigenvalue weighted by atomic mass is 35.5. The number of halogens is 1. The van der Waals surface area contributed by atoms with Crippen molar-refractivity contribution in [2.75, 3.05) is 19.7 Å². The number of hydrogen-bond acceptors (Lipinski definition) is 2. The number of ether oxygens (including phenoxy) is 1. The Balaban J connectivity index is 0.00000128. The van der Waals surface area contributed by atoms with Crippen molar-refractivity contribution < 1.29 is 4.74 Å². The second-order valence-corrected chi connectivity index (χ2v) is 4.11. The Bertz CT molecular complexity index is 293. The van der Waals surface area contributed by atoms with Gasteiger partial charge in [-0.05, 0) is 43.0 Å². The second-order valence-electron chi connectivity index (χ2n) is 4.11. The molecule has 3 heteroatoms. The molecular formula is C13H20ClNO. The van der Waals surface area contributed by atoms with Crippen molar-refractivity contribution in [3.05, 3.63) is 29.8 Å². The van der Waals surface area contributed by atoms with Gasteiger partial charge < -0.3 is 10.1 Å². The molecule has 1 saturated heterocycles. The Morgan fingerprint density at radius 3 is 2.62 bits per heavy atom. The predicted octanol–water partition coefficient (Wildman–Crippen LogP) is 2.97. The summed E-state index contributed by atoms with van der Waals surface area (Å²) >= 11 is 0. The fraction of sp³-hybridized carbons (Fsp3) is 0.538. The first-order valence-corrected chi connectivity index (χ1v) is 5.83. The van der Waals surface area contributed by atoms with E-state index in [0.717, 1.165) is 31.9 Å². The summed E-state index contributed by atoms with van der Waals surface area (Å²) in [6.07, 6.45) is 2.32. The first kappa shape index (κ1) is 13.3. The molecule has 0 bridgehead atoms. The molecule has 16 heavy (non-hydrogen) atoms. The van der Waals surface area contributed by atoms with Crippen LogP contribution in [0.5, 0.6) is 5.75 Å². The second kappa shape index (κ2) is 6.77. The Morgan fingerprint density at radius 1 is 1.31 bits per heavy atom. The summed E-state index contributed by atoms with van der Waals surface area (Å²) in [4.78, 5) is 0. The summed E-state index contributed by atoms with van der Waals surface area (Å²) in [6, 6.07) is 8.57. The molecule has 2 rings (SSSR count). The molecule has 0 aliphatic carbocycles. The molecule has 0 spiro atoms. The van der Waals surface area contributed by atoms with Crippen LogP contribution in [-0.2, 0) is 0 Å². The summed E-state index contributed by atoms with van der Waals surface area (Å²) in [6.45, 7) is 5.21. The topological polar surface area (TPSA) is 21.3 Å². The fourth-order valence-corrected chi connectivity index (χ4v) is 2.00. The van der Waals surface area contributed by atoms with Crippen LogP contribution in [0.4, 0.5) is 0 Å². The number of rotatable bonds is 4. The summed E-state index contributed by atoms with van der Waals surface area (Å²) in [5, 5.41) is 3.39. The first-order chi connectivity index (χ1) is 7.40. The maximum Gasteiger partial charge on any atom is 0.119 e. The summed E-state index contributed by atoms with van der Waals surface area (Å²) < 4.78 is 5.56. The zero-order valence-corrected chi connectivity index (χ0v) is 10.6. The molecule has 0 radical (unpaired) electrons. The van der Waals surface area contributed by atoms with Crippen LogP contribution in [0.15, 0.2) is 24.3 Å². The number of nitrogens with one attached hydrogen (secondary N) is 1. The van der Waals surface area contributed by atoms with Crippen molar-refractivity contribution in [2.45, 2.75) is 25.7 Å². The third-order valence-electron chi connectivity index (χ3n) is 2.88. The van der Waals surface area contributed by atoms with E-state index in [1.54, 1.807) is 0 Å². The molecule has 0 amide bonds. The van der Waals surface area contributed by atoms with E-state index in [4.69, 9.17) is 4.74 Å². The molecule has 0 saturated carbocycles. The Kier molecular flexibility index (Phi) is 5.64. The molecule has 1 aromatic carbocycles. The molecule has 1 heterocycles. The van der Waals surface area contributed by atoms with Gasteiger partial charge in [-0.15, -0.1) is 12.4 Å². The molecule has 0 aromatic heterocycles. The van der Waals surface area contributed by atoms with Crippen molar-refractivity contribution >= 4 is 12.4 Å². The van der Waals surface area contributed by atoms with E-state index in [9.17, 15) is 0 Å². The van der Waals surface area contributed by atoms with E-state index in [1.165, 1.54) is 12.0 Å². The standard InChI is InChI=1S/C13H19NO.ClH/c1-2-9-15-13-5-3-11(4-6-13)12-7-8-14-10-12;/h3-6,12,14H,2,7-10H2,1H3;1H. The maximum atomic E-state index is 5.56. The van der Waals surface area contributed by atoms with Crippen LogP contribution >= 0.6 is 12.4 Å². The average molecular weight is 242 g/mol. The van der Waals surface area contributed by atoms with Gasteiger partial charge in [0, 0.05) is 6.54 Å². The quantitative estimate of drug-likeness (QED) is 0.875. The Morgan fingerprint density at radius 2 is 2.06 bits per heavy atom. The van der Waals surface area contributed by atoms with Crippen LogP contribution in [0, 0.1) is 0 Å². The largest absolute Gasteiger partial charge is 0.494 e. The highest BCUT2D eigenvalue weighted by Crippen LogP contribution is 2.24. The van der Waals surface area contributed by atoms with Crippen molar-refractivity contribution in [2.24, 2.45) is 0 Å². The molecule has 1 fully saturated rings. The normalized spacial score (nSPS) is 19.2. The van der Waals surface area contributed by atoms with Crippen LogP contribution in [0.2, 0.25) is 0 Å². The summed E-state index contributed by atoms with van der Waals surface area (Å²) in [7, 11) is 0. The Labute approximate surface area is 104 Å². The van der Waals surface area contributed by atoms with Gasteiger partial charge in [0.1, 0.15) is 5.75 Å². The van der Waals surface area contributed by atoms with Gasteiger partial charge in [-0.1, -0.05) is 19.1 Å². The highest BCUT2D eigenvalue weighted by molar-refractivity contribution is 5.85. The summed E-state index contributed by atoms with van der Waals surface area (Å²) in [5.41, 5.74) is 1.43. The van der Waals surface area contributed by atoms with Crippen molar-refractivity contribution in [1.82, 2.24) is 5.32 Å². The van der Waals surface area contributed by atoms with Crippen LogP contribution in [0.3, 0.4) is 0 Å². The van der Waals surface area contributed by atoms with Crippen LogP contribution in [-0.4, -0.2) is 19.7 Å². The van der Waals surface area contributed by atoms with Gasteiger partial charge in [0.2, 0.25) is 0 Å². The minimum Gasteiger partial charge on any atom is -0.494 e. The molecule has 1 aliphatic heterocycles. The molecule has 1 unspecified atom stereocenters. The predicted molar refractivity (Wildman–Crippen MR) is 69.7 cm³/mol. The lowest BCUT2D eigenvalue weighted by atomic mass is 9.98. The van der Waals surface area contributed by atoms with Crippen molar-refractivity contribution in [1.29, 1.82) is 0 Å². The van der Waals surface area contributed by atoms with Gasteiger partial charge in [0.25, 0.3) is 0 Å². The summed E-state index contributed by atoms with van der Waals surface area (Å²) in [5.74, 6) is 1.69. The van der Waals surface area contributed by atoms with Gasteiger partial charge in [-0.2, -0.15) is 0 Å². The van der Waals surface area contributed by atoms with Crippen molar-refractivity contribution in [3.8, 4) is 5.75 Å². The van der Waals surface area contributed by atoms with E-state index >= 15 is 0 Å². The fourth-order valence-electron chi connectivity index (χ4n) is 2.00. The number of hydrogen-bond donors (Lipinski definition) is 1. The number of benzene rings is 1. The molecule has 1 N–H and O–H groups in total. The molecule has 2 nitrogen and oxygen atoms in total. The maximum absolute atomic E-state index is 5.56. The SMILES string of the molecule is CCCOc1ccc(C2CCNC2)cc1.Cl. The van der Waals surface area contributed by atoms with Gasteiger partial charge in [-0.3, -0.25) is 0 Å². The van der Waals surface area contributed by atoms with Crippen LogP contribution in [0.1, 0.15) is 31.2 Å². The lowest BCUT2D eigenvalue weighted by Crippen LogP contribution is -2.07. The van der Waals surface area contributed by atoms with Gasteiger partial charge in [-0.25, -0.2) is 0 Å². The van der Waals surface area contributed by atoms with Gasteiger partial charge >= 0.3 is 0 Å². The van der Waals surface area contributed by atoms with Gasteiger partial charge in [0.05, 0.1) is 6.61 Å². The zero-order chi connectivity index (χ0) is 10.5. The van der Waals surface area contributed by atoms with E-state index < -0.39 is 0 Å². The van der Waals surface area contributed by atoms with E-state index in [-0.39, 0.29) is 12.4 Å². The van der Waals surface area contributed by atoms with Crippen LogP contribution in [0.25, 0.3) is 0 Å². The molecule has 1 atom stereocenters.